The Morgan fingerprint density at radius 1 is 1.47 bits per heavy atom. The predicted molar refractivity (Wildman–Crippen MR) is 75.6 cm³/mol. The maximum atomic E-state index is 11.0. The van der Waals surface area contributed by atoms with Crippen LogP contribution in [0.5, 0.6) is 0 Å². The third kappa shape index (κ3) is 3.23. The SMILES string of the molecule is CC[C@H](c1ccc(Cl)c([N+](=O)[O-])c1)N1CCNCC1. The number of hydrogen-bond donors (Lipinski definition) is 1. The van der Waals surface area contributed by atoms with Crippen molar-refractivity contribution in [2.45, 2.75) is 19.4 Å². The Bertz CT molecular complexity index is 461. The van der Waals surface area contributed by atoms with Crippen molar-refractivity contribution in [3.63, 3.8) is 0 Å². The zero-order valence-corrected chi connectivity index (χ0v) is 11.7. The Balaban J connectivity index is 2.27. The average Bonchev–Trinajstić information content (AvgIpc) is 2.42. The van der Waals surface area contributed by atoms with Crippen LogP contribution in [0.3, 0.4) is 0 Å². The molecule has 0 amide bonds. The third-order valence-electron chi connectivity index (χ3n) is 3.53. The highest BCUT2D eigenvalue weighted by molar-refractivity contribution is 6.32. The molecule has 1 heterocycles. The summed E-state index contributed by atoms with van der Waals surface area (Å²) < 4.78 is 0. The van der Waals surface area contributed by atoms with E-state index < -0.39 is 4.92 Å². The molecular weight excluding hydrogens is 266 g/mol. The highest BCUT2D eigenvalue weighted by Crippen LogP contribution is 2.31. The first-order chi connectivity index (χ1) is 9.13. The van der Waals surface area contributed by atoms with Crippen LogP contribution in [0.2, 0.25) is 5.02 Å². The molecule has 1 atom stereocenters. The predicted octanol–water partition coefficient (Wildman–Crippen LogP) is 2.60. The fraction of sp³-hybridized carbons (Fsp3) is 0.538. The molecule has 0 spiro atoms. The molecule has 104 valence electrons. The van der Waals surface area contributed by atoms with Crippen LogP contribution < -0.4 is 5.32 Å². The number of halogens is 1. The summed E-state index contributed by atoms with van der Waals surface area (Å²) >= 11 is 5.86. The Morgan fingerprint density at radius 3 is 2.74 bits per heavy atom. The molecule has 1 N–H and O–H groups in total. The second-order valence-corrected chi connectivity index (χ2v) is 5.09. The van der Waals surface area contributed by atoms with E-state index in [-0.39, 0.29) is 16.8 Å². The molecule has 1 saturated heterocycles. The average molecular weight is 284 g/mol. The highest BCUT2D eigenvalue weighted by Gasteiger charge is 2.23. The zero-order valence-electron chi connectivity index (χ0n) is 10.9. The summed E-state index contributed by atoms with van der Waals surface area (Å²) in [4.78, 5) is 12.9. The molecule has 1 fully saturated rings. The molecule has 1 aromatic rings. The summed E-state index contributed by atoms with van der Waals surface area (Å²) in [5.74, 6) is 0. The lowest BCUT2D eigenvalue weighted by molar-refractivity contribution is -0.384. The Labute approximate surface area is 117 Å². The molecule has 0 aliphatic carbocycles. The van der Waals surface area contributed by atoms with E-state index in [0.717, 1.165) is 38.2 Å². The number of piperazine rings is 1. The molecule has 0 unspecified atom stereocenters. The number of nitro benzene ring substituents is 1. The third-order valence-corrected chi connectivity index (χ3v) is 3.85. The van der Waals surface area contributed by atoms with Crippen molar-refractivity contribution in [3.8, 4) is 0 Å². The normalized spacial score (nSPS) is 18.2. The van der Waals surface area contributed by atoms with Gasteiger partial charge in [-0.1, -0.05) is 24.6 Å². The summed E-state index contributed by atoms with van der Waals surface area (Å²) in [7, 11) is 0. The Kier molecular flexibility index (Phi) is 4.74. The molecule has 0 radical (unpaired) electrons. The molecule has 0 bridgehead atoms. The molecule has 1 aromatic carbocycles. The summed E-state index contributed by atoms with van der Waals surface area (Å²) in [5, 5.41) is 14.5. The first-order valence-corrected chi connectivity index (χ1v) is 6.90. The minimum Gasteiger partial charge on any atom is -0.314 e. The van der Waals surface area contributed by atoms with Crippen molar-refractivity contribution in [1.29, 1.82) is 0 Å². The fourth-order valence-electron chi connectivity index (χ4n) is 2.58. The van der Waals surface area contributed by atoms with E-state index in [9.17, 15) is 10.1 Å². The quantitative estimate of drug-likeness (QED) is 0.682. The van der Waals surface area contributed by atoms with Crippen molar-refractivity contribution in [3.05, 3.63) is 38.9 Å². The molecule has 19 heavy (non-hydrogen) atoms. The van der Waals surface area contributed by atoms with Crippen LogP contribution in [-0.4, -0.2) is 36.0 Å². The molecular formula is C13H18ClN3O2. The van der Waals surface area contributed by atoms with E-state index in [0.29, 0.717) is 0 Å². The number of hydrogen-bond acceptors (Lipinski definition) is 4. The minimum atomic E-state index is -0.420. The summed E-state index contributed by atoms with van der Waals surface area (Å²) in [6.07, 6.45) is 0.929. The lowest BCUT2D eigenvalue weighted by atomic mass is 10.0. The molecule has 0 saturated carbocycles. The van der Waals surface area contributed by atoms with Gasteiger partial charge in [0.15, 0.2) is 0 Å². The van der Waals surface area contributed by atoms with Crippen molar-refractivity contribution in [2.75, 3.05) is 26.2 Å². The van der Waals surface area contributed by atoms with Crippen LogP contribution in [0.25, 0.3) is 0 Å². The molecule has 2 rings (SSSR count). The summed E-state index contributed by atoms with van der Waals surface area (Å²) in [6.45, 7) is 5.97. The molecule has 5 nitrogen and oxygen atoms in total. The van der Waals surface area contributed by atoms with Crippen LogP contribution in [0.1, 0.15) is 24.9 Å². The van der Waals surface area contributed by atoms with Crippen LogP contribution in [0, 0.1) is 10.1 Å². The van der Waals surface area contributed by atoms with Gasteiger partial charge in [-0.25, -0.2) is 0 Å². The Hall–Kier alpha value is -1.17. The molecule has 0 aromatic heterocycles. The highest BCUT2D eigenvalue weighted by atomic mass is 35.5. The number of nitrogens with one attached hydrogen (secondary N) is 1. The first kappa shape index (κ1) is 14.2. The first-order valence-electron chi connectivity index (χ1n) is 6.52. The van der Waals surface area contributed by atoms with Gasteiger partial charge in [0.1, 0.15) is 5.02 Å². The van der Waals surface area contributed by atoms with Crippen molar-refractivity contribution < 1.29 is 4.92 Å². The van der Waals surface area contributed by atoms with Gasteiger partial charge >= 0.3 is 0 Å². The lowest BCUT2D eigenvalue weighted by Crippen LogP contribution is -2.45. The smallest absolute Gasteiger partial charge is 0.288 e. The number of nitrogens with zero attached hydrogens (tertiary/aromatic N) is 2. The Morgan fingerprint density at radius 2 is 2.16 bits per heavy atom. The number of nitro groups is 1. The maximum absolute atomic E-state index is 11.0. The molecule has 1 aliphatic heterocycles. The van der Waals surface area contributed by atoms with E-state index in [2.05, 4.69) is 17.1 Å². The van der Waals surface area contributed by atoms with Gasteiger partial charge < -0.3 is 5.32 Å². The van der Waals surface area contributed by atoms with Crippen LogP contribution in [0.15, 0.2) is 18.2 Å². The zero-order chi connectivity index (χ0) is 13.8. The fourth-order valence-corrected chi connectivity index (χ4v) is 2.76. The van der Waals surface area contributed by atoms with Gasteiger partial charge in [0.25, 0.3) is 5.69 Å². The van der Waals surface area contributed by atoms with Crippen molar-refractivity contribution in [2.24, 2.45) is 0 Å². The van der Waals surface area contributed by atoms with Crippen molar-refractivity contribution >= 4 is 17.3 Å². The molecule has 1 aliphatic rings. The van der Waals surface area contributed by atoms with E-state index in [1.165, 1.54) is 0 Å². The second kappa shape index (κ2) is 6.32. The van der Waals surface area contributed by atoms with E-state index in [1.54, 1.807) is 12.1 Å². The van der Waals surface area contributed by atoms with E-state index in [1.807, 2.05) is 6.07 Å². The standard InChI is InChI=1S/C13H18ClN3O2/c1-2-12(16-7-5-15-6-8-16)10-3-4-11(14)13(9-10)17(18)19/h3-4,9,12,15H,2,5-8H2,1H3/t12-/m1/s1. The maximum Gasteiger partial charge on any atom is 0.288 e. The van der Waals surface area contributed by atoms with Crippen LogP contribution >= 0.6 is 11.6 Å². The summed E-state index contributed by atoms with van der Waals surface area (Å²) in [6, 6.07) is 5.35. The van der Waals surface area contributed by atoms with E-state index in [4.69, 9.17) is 11.6 Å². The monoisotopic (exact) mass is 283 g/mol. The largest absolute Gasteiger partial charge is 0.314 e. The van der Waals surface area contributed by atoms with Crippen molar-refractivity contribution in [1.82, 2.24) is 10.2 Å². The van der Waals surface area contributed by atoms with Crippen LogP contribution in [0.4, 0.5) is 5.69 Å². The van der Waals surface area contributed by atoms with Gasteiger partial charge in [0.05, 0.1) is 4.92 Å². The van der Waals surface area contributed by atoms with Gasteiger partial charge in [-0.15, -0.1) is 0 Å². The number of benzene rings is 1. The lowest BCUT2D eigenvalue weighted by Gasteiger charge is -2.34. The van der Waals surface area contributed by atoms with E-state index >= 15 is 0 Å². The van der Waals surface area contributed by atoms with Gasteiger partial charge in [-0.3, -0.25) is 15.0 Å². The van der Waals surface area contributed by atoms with Gasteiger partial charge in [0, 0.05) is 38.3 Å². The molecule has 6 heteroatoms. The summed E-state index contributed by atoms with van der Waals surface area (Å²) in [5.41, 5.74) is 0.966. The van der Waals surface area contributed by atoms with Gasteiger partial charge in [-0.2, -0.15) is 0 Å². The van der Waals surface area contributed by atoms with Gasteiger partial charge in [-0.05, 0) is 18.1 Å². The van der Waals surface area contributed by atoms with Gasteiger partial charge in [0.2, 0.25) is 0 Å². The topological polar surface area (TPSA) is 58.4 Å². The second-order valence-electron chi connectivity index (χ2n) is 4.68. The minimum absolute atomic E-state index is 0.00671. The van der Waals surface area contributed by atoms with Crippen LogP contribution in [-0.2, 0) is 0 Å². The number of rotatable bonds is 4.